The van der Waals surface area contributed by atoms with Crippen molar-refractivity contribution in [2.45, 2.75) is 44.6 Å². The van der Waals surface area contributed by atoms with Crippen LogP contribution in [0.4, 0.5) is 0 Å². The van der Waals surface area contributed by atoms with Gasteiger partial charge in [-0.05, 0) is 43.7 Å². The fourth-order valence-corrected chi connectivity index (χ4v) is 2.79. The number of para-hydroxylation sites is 2. The summed E-state index contributed by atoms with van der Waals surface area (Å²) in [5.41, 5.74) is 0. The maximum atomic E-state index is 10.1. The number of ether oxygens (including phenoxy) is 2. The van der Waals surface area contributed by atoms with Gasteiger partial charge < -0.3 is 14.6 Å². The van der Waals surface area contributed by atoms with Crippen molar-refractivity contribution in [1.82, 2.24) is 0 Å². The summed E-state index contributed by atoms with van der Waals surface area (Å²) >= 11 is 0. The van der Waals surface area contributed by atoms with Crippen molar-refractivity contribution < 1.29 is 14.6 Å². The van der Waals surface area contributed by atoms with Gasteiger partial charge in [0.25, 0.3) is 0 Å². The number of rotatable bonds is 7. The molecule has 1 aromatic rings. The molecule has 3 nitrogen and oxygen atoms in total. The third-order valence-electron chi connectivity index (χ3n) is 3.91. The molecule has 1 fully saturated rings. The first-order valence-corrected chi connectivity index (χ1v) is 7.25. The van der Waals surface area contributed by atoms with Crippen LogP contribution in [0.1, 0.15) is 38.5 Å². The van der Waals surface area contributed by atoms with Crippen molar-refractivity contribution >= 4 is 0 Å². The summed E-state index contributed by atoms with van der Waals surface area (Å²) in [5, 5.41) is 10.1. The molecule has 1 aliphatic carbocycles. The van der Waals surface area contributed by atoms with Crippen LogP contribution in [0.5, 0.6) is 11.5 Å². The van der Waals surface area contributed by atoms with Gasteiger partial charge in [0.05, 0.1) is 19.8 Å². The maximum absolute atomic E-state index is 10.1. The van der Waals surface area contributed by atoms with Crippen LogP contribution in [0.2, 0.25) is 0 Å². The fourth-order valence-electron chi connectivity index (χ4n) is 2.79. The summed E-state index contributed by atoms with van der Waals surface area (Å²) in [5.74, 6) is 2.06. The second kappa shape index (κ2) is 7.39. The molecule has 2 rings (SSSR count). The molecule has 0 spiro atoms. The molecule has 19 heavy (non-hydrogen) atoms. The largest absolute Gasteiger partial charge is 0.493 e. The van der Waals surface area contributed by atoms with Crippen molar-refractivity contribution in [3.8, 4) is 11.5 Å². The molecule has 0 amide bonds. The predicted octanol–water partition coefficient (Wildman–Crippen LogP) is 3.41. The van der Waals surface area contributed by atoms with Gasteiger partial charge in [-0.25, -0.2) is 0 Å². The molecule has 1 saturated carbocycles. The lowest BCUT2D eigenvalue weighted by molar-refractivity contribution is 0.0944. The standard InChI is InChI=1S/C16H24O3/c1-18-15-10-4-5-11-16(15)19-12-6-9-14(17)13-7-2-3-8-13/h4-5,10-11,13-14,17H,2-3,6-9,12H2,1H3. The average Bonchev–Trinajstić information content (AvgIpc) is 2.98. The Labute approximate surface area is 115 Å². The topological polar surface area (TPSA) is 38.7 Å². The number of hydrogen-bond donors (Lipinski definition) is 1. The van der Waals surface area contributed by atoms with Crippen molar-refractivity contribution in [2.24, 2.45) is 5.92 Å². The van der Waals surface area contributed by atoms with Crippen LogP contribution in [-0.2, 0) is 0 Å². The monoisotopic (exact) mass is 264 g/mol. The Morgan fingerprint density at radius 2 is 1.89 bits per heavy atom. The molecule has 0 saturated heterocycles. The van der Waals surface area contributed by atoms with Crippen molar-refractivity contribution in [2.75, 3.05) is 13.7 Å². The van der Waals surface area contributed by atoms with E-state index in [2.05, 4.69) is 0 Å². The summed E-state index contributed by atoms with van der Waals surface area (Å²) in [6.07, 6.45) is 6.50. The Hall–Kier alpha value is -1.22. The van der Waals surface area contributed by atoms with E-state index in [0.717, 1.165) is 24.3 Å². The van der Waals surface area contributed by atoms with Gasteiger partial charge >= 0.3 is 0 Å². The van der Waals surface area contributed by atoms with Crippen LogP contribution in [-0.4, -0.2) is 24.9 Å². The molecule has 1 N–H and O–H groups in total. The van der Waals surface area contributed by atoms with Crippen molar-refractivity contribution in [3.05, 3.63) is 24.3 Å². The molecule has 1 unspecified atom stereocenters. The van der Waals surface area contributed by atoms with E-state index in [0.29, 0.717) is 12.5 Å². The summed E-state index contributed by atoms with van der Waals surface area (Å²) in [6, 6.07) is 7.66. The normalized spacial score (nSPS) is 17.4. The van der Waals surface area contributed by atoms with E-state index in [1.165, 1.54) is 25.7 Å². The van der Waals surface area contributed by atoms with E-state index in [1.807, 2.05) is 24.3 Å². The molecular weight excluding hydrogens is 240 g/mol. The zero-order valence-corrected chi connectivity index (χ0v) is 11.7. The Morgan fingerprint density at radius 3 is 2.58 bits per heavy atom. The van der Waals surface area contributed by atoms with E-state index >= 15 is 0 Å². The Balaban J connectivity index is 1.68. The molecule has 0 aliphatic heterocycles. The van der Waals surface area contributed by atoms with Crippen LogP contribution < -0.4 is 9.47 Å². The molecule has 1 aromatic carbocycles. The van der Waals surface area contributed by atoms with E-state index in [9.17, 15) is 5.11 Å². The summed E-state index contributed by atoms with van der Waals surface area (Å²) in [6.45, 7) is 0.629. The first kappa shape index (κ1) is 14.2. The molecule has 0 bridgehead atoms. The van der Waals surface area contributed by atoms with Crippen LogP contribution in [0.3, 0.4) is 0 Å². The highest BCUT2D eigenvalue weighted by atomic mass is 16.5. The van der Waals surface area contributed by atoms with Gasteiger partial charge in [0, 0.05) is 0 Å². The minimum Gasteiger partial charge on any atom is -0.493 e. The number of aliphatic hydroxyl groups is 1. The summed E-state index contributed by atoms with van der Waals surface area (Å²) < 4.78 is 10.9. The van der Waals surface area contributed by atoms with Crippen LogP contribution in [0.15, 0.2) is 24.3 Å². The quantitative estimate of drug-likeness (QED) is 0.767. The van der Waals surface area contributed by atoms with Gasteiger partial charge in [-0.2, -0.15) is 0 Å². The predicted molar refractivity (Wildman–Crippen MR) is 75.7 cm³/mol. The van der Waals surface area contributed by atoms with Gasteiger partial charge in [-0.15, -0.1) is 0 Å². The van der Waals surface area contributed by atoms with Crippen molar-refractivity contribution in [3.63, 3.8) is 0 Å². The first-order valence-electron chi connectivity index (χ1n) is 7.25. The minimum atomic E-state index is -0.149. The SMILES string of the molecule is COc1ccccc1OCCCC(O)C1CCCC1. The van der Waals surface area contributed by atoms with Gasteiger partial charge in [0.2, 0.25) is 0 Å². The van der Waals surface area contributed by atoms with Crippen LogP contribution >= 0.6 is 0 Å². The third-order valence-corrected chi connectivity index (χ3v) is 3.91. The van der Waals surface area contributed by atoms with E-state index in [1.54, 1.807) is 7.11 Å². The van der Waals surface area contributed by atoms with E-state index in [-0.39, 0.29) is 6.10 Å². The molecule has 3 heteroatoms. The molecule has 1 atom stereocenters. The summed E-state index contributed by atoms with van der Waals surface area (Å²) in [4.78, 5) is 0. The van der Waals surface area contributed by atoms with Crippen LogP contribution in [0, 0.1) is 5.92 Å². The van der Waals surface area contributed by atoms with Gasteiger partial charge in [-0.3, -0.25) is 0 Å². The lowest BCUT2D eigenvalue weighted by Crippen LogP contribution is -2.18. The smallest absolute Gasteiger partial charge is 0.161 e. The highest BCUT2D eigenvalue weighted by molar-refractivity contribution is 5.39. The van der Waals surface area contributed by atoms with Crippen LogP contribution in [0.25, 0.3) is 0 Å². The Kier molecular flexibility index (Phi) is 5.52. The zero-order valence-electron chi connectivity index (χ0n) is 11.7. The lowest BCUT2D eigenvalue weighted by Gasteiger charge is -2.17. The van der Waals surface area contributed by atoms with Crippen molar-refractivity contribution in [1.29, 1.82) is 0 Å². The fraction of sp³-hybridized carbons (Fsp3) is 0.625. The molecule has 1 aliphatic rings. The van der Waals surface area contributed by atoms with Gasteiger partial charge in [0.15, 0.2) is 11.5 Å². The Morgan fingerprint density at radius 1 is 1.21 bits per heavy atom. The third kappa shape index (κ3) is 4.13. The minimum absolute atomic E-state index is 0.149. The second-order valence-electron chi connectivity index (χ2n) is 5.25. The number of benzene rings is 1. The number of hydrogen-bond acceptors (Lipinski definition) is 3. The highest BCUT2D eigenvalue weighted by Gasteiger charge is 2.22. The molecule has 106 valence electrons. The van der Waals surface area contributed by atoms with E-state index in [4.69, 9.17) is 9.47 Å². The first-order chi connectivity index (χ1) is 9.31. The molecule has 0 radical (unpaired) electrons. The Bertz CT molecular complexity index is 372. The lowest BCUT2D eigenvalue weighted by atomic mass is 9.97. The highest BCUT2D eigenvalue weighted by Crippen LogP contribution is 2.30. The second-order valence-corrected chi connectivity index (χ2v) is 5.25. The maximum Gasteiger partial charge on any atom is 0.161 e. The van der Waals surface area contributed by atoms with Gasteiger partial charge in [-0.1, -0.05) is 25.0 Å². The number of methoxy groups -OCH3 is 1. The van der Waals surface area contributed by atoms with Gasteiger partial charge in [0.1, 0.15) is 0 Å². The van der Waals surface area contributed by atoms with E-state index < -0.39 is 0 Å². The average molecular weight is 264 g/mol. The molecular formula is C16H24O3. The molecule has 0 heterocycles. The zero-order chi connectivity index (χ0) is 13.5. The number of aliphatic hydroxyl groups excluding tert-OH is 1. The molecule has 0 aromatic heterocycles. The summed E-state index contributed by atoms with van der Waals surface area (Å²) in [7, 11) is 1.64.